The maximum atomic E-state index is 13.1. The summed E-state index contributed by atoms with van der Waals surface area (Å²) in [6.45, 7) is 5.02. The molecule has 0 bridgehead atoms. The van der Waals surface area contributed by atoms with E-state index in [0.717, 1.165) is 12.1 Å². The Hall–Kier alpha value is -4.15. The van der Waals surface area contributed by atoms with Crippen LogP contribution in [-0.2, 0) is 15.8 Å². The highest BCUT2D eigenvalue weighted by Crippen LogP contribution is 2.31. The summed E-state index contributed by atoms with van der Waals surface area (Å²) in [5.74, 6) is -1.85. The van der Waals surface area contributed by atoms with Crippen LogP contribution in [-0.4, -0.2) is 40.5 Å². The van der Waals surface area contributed by atoms with E-state index in [9.17, 15) is 27.6 Å². The van der Waals surface area contributed by atoms with Gasteiger partial charge in [-0.25, -0.2) is 4.68 Å². The van der Waals surface area contributed by atoms with Crippen LogP contribution in [0.3, 0.4) is 0 Å². The van der Waals surface area contributed by atoms with E-state index in [1.807, 2.05) is 0 Å². The van der Waals surface area contributed by atoms with E-state index in [2.05, 4.69) is 15.7 Å². The van der Waals surface area contributed by atoms with Crippen molar-refractivity contribution in [2.24, 2.45) is 0 Å². The van der Waals surface area contributed by atoms with Gasteiger partial charge in [-0.1, -0.05) is 12.1 Å². The molecule has 0 saturated heterocycles. The van der Waals surface area contributed by atoms with Crippen LogP contribution in [0.4, 0.5) is 18.9 Å². The SMILES string of the molecule is CCNC(=O)COc1cccc(NC(=O)C(=O)c2c(C)nn(-c3cccc(C(F)(F)F)c3)c2C)c1. The summed E-state index contributed by atoms with van der Waals surface area (Å²) in [5.41, 5.74) is -0.0831. The zero-order valence-corrected chi connectivity index (χ0v) is 19.2. The van der Waals surface area contributed by atoms with Crippen molar-refractivity contribution in [3.05, 3.63) is 71.0 Å². The zero-order chi connectivity index (χ0) is 25.8. The van der Waals surface area contributed by atoms with Crippen molar-refractivity contribution in [2.75, 3.05) is 18.5 Å². The first kappa shape index (κ1) is 25.5. The molecule has 0 spiro atoms. The van der Waals surface area contributed by atoms with E-state index in [4.69, 9.17) is 4.74 Å². The molecule has 0 radical (unpaired) electrons. The fourth-order valence-corrected chi connectivity index (χ4v) is 3.40. The lowest BCUT2D eigenvalue weighted by molar-refractivity contribution is -0.137. The van der Waals surface area contributed by atoms with Gasteiger partial charge < -0.3 is 15.4 Å². The highest BCUT2D eigenvalue weighted by molar-refractivity contribution is 6.47. The molecule has 184 valence electrons. The number of benzene rings is 2. The third-order valence-corrected chi connectivity index (χ3v) is 4.98. The summed E-state index contributed by atoms with van der Waals surface area (Å²) < 4.78 is 45.9. The average molecular weight is 488 g/mol. The van der Waals surface area contributed by atoms with Crippen molar-refractivity contribution in [1.82, 2.24) is 15.1 Å². The molecule has 35 heavy (non-hydrogen) atoms. The van der Waals surface area contributed by atoms with Crippen molar-refractivity contribution in [2.45, 2.75) is 26.9 Å². The van der Waals surface area contributed by atoms with Crippen LogP contribution in [0.1, 0.15) is 34.2 Å². The Morgan fingerprint density at radius 2 is 1.77 bits per heavy atom. The summed E-state index contributed by atoms with van der Waals surface area (Å²) in [5, 5.41) is 9.23. The van der Waals surface area contributed by atoms with Crippen LogP contribution in [0.25, 0.3) is 5.69 Å². The van der Waals surface area contributed by atoms with Gasteiger partial charge in [0.1, 0.15) is 5.75 Å². The van der Waals surface area contributed by atoms with Gasteiger partial charge in [-0.05, 0) is 51.1 Å². The van der Waals surface area contributed by atoms with Crippen LogP contribution in [0, 0.1) is 13.8 Å². The second-order valence-electron chi connectivity index (χ2n) is 7.56. The number of hydrogen-bond donors (Lipinski definition) is 2. The maximum absolute atomic E-state index is 13.1. The molecule has 8 nitrogen and oxygen atoms in total. The average Bonchev–Trinajstić information content (AvgIpc) is 3.11. The first-order valence-corrected chi connectivity index (χ1v) is 10.6. The van der Waals surface area contributed by atoms with Crippen LogP contribution >= 0.6 is 0 Å². The molecule has 2 amide bonds. The van der Waals surface area contributed by atoms with E-state index in [-0.39, 0.29) is 40.8 Å². The normalized spacial score (nSPS) is 11.1. The Labute approximate surface area is 199 Å². The van der Waals surface area contributed by atoms with Crippen molar-refractivity contribution in [3.8, 4) is 11.4 Å². The molecule has 0 aliphatic carbocycles. The lowest BCUT2D eigenvalue weighted by Gasteiger charge is -2.10. The number of hydrogen-bond acceptors (Lipinski definition) is 5. The van der Waals surface area contributed by atoms with E-state index >= 15 is 0 Å². The van der Waals surface area contributed by atoms with Gasteiger partial charge in [0.25, 0.3) is 17.6 Å². The minimum absolute atomic E-state index is 0.0106. The number of aromatic nitrogens is 2. The number of nitrogens with zero attached hydrogens (tertiary/aromatic N) is 2. The minimum atomic E-state index is -4.54. The predicted octanol–water partition coefficient (Wildman–Crippen LogP) is 3.84. The van der Waals surface area contributed by atoms with Gasteiger partial charge in [-0.3, -0.25) is 14.4 Å². The summed E-state index contributed by atoms with van der Waals surface area (Å²) in [6.07, 6.45) is -4.54. The number of anilines is 1. The molecule has 2 aromatic carbocycles. The fraction of sp³-hybridized carbons (Fsp3) is 0.250. The number of ketones is 1. The molecule has 1 aromatic heterocycles. The number of rotatable bonds is 8. The summed E-state index contributed by atoms with van der Waals surface area (Å²) >= 11 is 0. The standard InChI is InChI=1S/C24H23F3N4O4/c1-4-28-20(32)13-35-19-10-6-8-17(12-19)29-23(34)22(33)21-14(2)30-31(15(21)3)18-9-5-7-16(11-18)24(25,26)27/h5-12H,4,13H2,1-3H3,(H,28,32)(H,29,34). The van der Waals surface area contributed by atoms with Crippen LogP contribution in [0.5, 0.6) is 5.75 Å². The van der Waals surface area contributed by atoms with Gasteiger partial charge in [0, 0.05) is 18.3 Å². The molecule has 3 aromatic rings. The molecule has 1 heterocycles. The Morgan fingerprint density at radius 1 is 1.06 bits per heavy atom. The van der Waals surface area contributed by atoms with E-state index in [1.54, 1.807) is 19.1 Å². The number of aryl methyl sites for hydroxylation is 1. The van der Waals surface area contributed by atoms with Gasteiger partial charge >= 0.3 is 6.18 Å². The molecule has 2 N–H and O–H groups in total. The van der Waals surface area contributed by atoms with Crippen molar-refractivity contribution in [3.63, 3.8) is 0 Å². The van der Waals surface area contributed by atoms with Gasteiger partial charge in [0.15, 0.2) is 6.61 Å². The van der Waals surface area contributed by atoms with Crippen LogP contribution < -0.4 is 15.4 Å². The molecule has 0 fully saturated rings. The van der Waals surface area contributed by atoms with E-state index in [1.165, 1.54) is 42.8 Å². The largest absolute Gasteiger partial charge is 0.484 e. The van der Waals surface area contributed by atoms with Crippen molar-refractivity contribution >= 4 is 23.3 Å². The third kappa shape index (κ3) is 6.05. The number of likely N-dealkylation sites (N-methyl/N-ethyl adjacent to an activating group) is 1. The zero-order valence-electron chi connectivity index (χ0n) is 19.2. The molecule has 0 atom stereocenters. The molecule has 11 heteroatoms. The van der Waals surface area contributed by atoms with Gasteiger partial charge in [0.2, 0.25) is 0 Å². The Bertz CT molecular complexity index is 1270. The monoisotopic (exact) mass is 488 g/mol. The molecule has 0 aliphatic heterocycles. The fourth-order valence-electron chi connectivity index (χ4n) is 3.40. The lowest BCUT2D eigenvalue weighted by atomic mass is 10.1. The van der Waals surface area contributed by atoms with Gasteiger partial charge in [-0.15, -0.1) is 0 Å². The van der Waals surface area contributed by atoms with E-state index in [0.29, 0.717) is 12.3 Å². The number of Topliss-reactive ketones (excluding diaryl/α,β-unsaturated/α-hetero) is 1. The number of nitrogens with one attached hydrogen (secondary N) is 2. The summed E-state index contributed by atoms with van der Waals surface area (Å²) in [4.78, 5) is 37.1. The minimum Gasteiger partial charge on any atom is -0.484 e. The molecule has 0 saturated carbocycles. The molecule has 0 aliphatic rings. The molecule has 3 rings (SSSR count). The molecule has 0 unspecified atom stereocenters. The highest BCUT2D eigenvalue weighted by Gasteiger charge is 2.31. The van der Waals surface area contributed by atoms with Crippen molar-refractivity contribution in [1.29, 1.82) is 0 Å². The maximum Gasteiger partial charge on any atom is 0.416 e. The number of carbonyl (C=O) groups excluding carboxylic acids is 3. The third-order valence-electron chi connectivity index (χ3n) is 4.98. The topological polar surface area (TPSA) is 102 Å². The van der Waals surface area contributed by atoms with E-state index < -0.39 is 23.4 Å². The Morgan fingerprint density at radius 3 is 2.46 bits per heavy atom. The first-order valence-electron chi connectivity index (χ1n) is 10.6. The number of alkyl halides is 3. The second-order valence-corrected chi connectivity index (χ2v) is 7.56. The summed E-state index contributed by atoms with van der Waals surface area (Å²) in [6, 6.07) is 10.7. The number of amides is 2. The quantitative estimate of drug-likeness (QED) is 0.371. The smallest absolute Gasteiger partial charge is 0.416 e. The van der Waals surface area contributed by atoms with Crippen LogP contribution in [0.2, 0.25) is 0 Å². The first-order chi connectivity index (χ1) is 16.5. The Balaban J connectivity index is 1.78. The van der Waals surface area contributed by atoms with Gasteiger partial charge in [-0.2, -0.15) is 18.3 Å². The predicted molar refractivity (Wildman–Crippen MR) is 122 cm³/mol. The number of ether oxygens (including phenoxy) is 1. The van der Waals surface area contributed by atoms with Gasteiger partial charge in [0.05, 0.1) is 28.2 Å². The highest BCUT2D eigenvalue weighted by atomic mass is 19.4. The lowest BCUT2D eigenvalue weighted by Crippen LogP contribution is -2.28. The second kappa shape index (κ2) is 10.4. The summed E-state index contributed by atoms with van der Waals surface area (Å²) in [7, 11) is 0. The molecular formula is C24H23F3N4O4. The Kier molecular flexibility index (Phi) is 7.58. The number of halogens is 3. The molecular weight excluding hydrogens is 465 g/mol. The van der Waals surface area contributed by atoms with Crippen molar-refractivity contribution < 1.29 is 32.3 Å². The number of carbonyl (C=O) groups is 3. The van der Waals surface area contributed by atoms with Crippen LogP contribution in [0.15, 0.2) is 48.5 Å².